The summed E-state index contributed by atoms with van der Waals surface area (Å²) in [6.45, 7) is 1.07. The van der Waals surface area contributed by atoms with Crippen molar-refractivity contribution < 1.29 is 14.3 Å². The van der Waals surface area contributed by atoms with Crippen molar-refractivity contribution in [2.45, 2.75) is 18.8 Å². The first-order valence-corrected chi connectivity index (χ1v) is 10.9. The fourth-order valence-electron chi connectivity index (χ4n) is 3.68. The van der Waals surface area contributed by atoms with Crippen molar-refractivity contribution in [2.75, 3.05) is 38.7 Å². The first kappa shape index (κ1) is 20.3. The van der Waals surface area contributed by atoms with Gasteiger partial charge in [0, 0.05) is 38.8 Å². The summed E-state index contributed by atoms with van der Waals surface area (Å²) < 4.78 is 6.48. The lowest BCUT2D eigenvalue weighted by Crippen LogP contribution is -2.41. The van der Waals surface area contributed by atoms with E-state index in [1.807, 2.05) is 43.3 Å². The van der Waals surface area contributed by atoms with E-state index < -0.39 is 5.97 Å². The van der Waals surface area contributed by atoms with Crippen molar-refractivity contribution in [3.8, 4) is 0 Å². The Balaban J connectivity index is 1.36. The van der Waals surface area contributed by atoms with Gasteiger partial charge in [0.05, 0.1) is 20.8 Å². The number of esters is 1. The van der Waals surface area contributed by atoms with Crippen LogP contribution in [0.25, 0.3) is 10.2 Å². The number of benzene rings is 2. The molecule has 1 fully saturated rings. The lowest BCUT2D eigenvalue weighted by molar-refractivity contribution is -0.135. The standard InChI is InChI=1S/C23H25N3O3S/c1-25(2)18-9-5-7-16(13-18)23(28)29-15-21(27)26-12-6-8-17(14-26)22-24-19-10-3-4-11-20(19)30-22/h3-5,7,9-11,13,17H,6,8,12,14-15H2,1-2H3/t17-/m1/s1. The molecule has 0 spiro atoms. The van der Waals surface area contributed by atoms with Crippen LogP contribution < -0.4 is 4.90 Å². The van der Waals surface area contributed by atoms with E-state index >= 15 is 0 Å². The zero-order valence-electron chi connectivity index (χ0n) is 17.2. The third-order valence-corrected chi connectivity index (χ3v) is 6.56. The Bertz CT molecular complexity index is 1030. The van der Waals surface area contributed by atoms with Gasteiger partial charge in [-0.3, -0.25) is 4.79 Å². The monoisotopic (exact) mass is 423 g/mol. The van der Waals surface area contributed by atoms with E-state index in [0.717, 1.165) is 29.1 Å². The number of aromatic nitrogens is 1. The van der Waals surface area contributed by atoms with Crippen LogP contribution in [0, 0.1) is 0 Å². The summed E-state index contributed by atoms with van der Waals surface area (Å²) in [6, 6.07) is 15.3. The van der Waals surface area contributed by atoms with E-state index in [4.69, 9.17) is 9.72 Å². The van der Waals surface area contributed by atoms with Crippen molar-refractivity contribution in [3.63, 3.8) is 0 Å². The zero-order chi connectivity index (χ0) is 21.1. The molecule has 4 rings (SSSR count). The van der Waals surface area contributed by atoms with Gasteiger partial charge in [-0.05, 0) is 43.2 Å². The number of fused-ring (bicyclic) bond motifs is 1. The predicted molar refractivity (Wildman–Crippen MR) is 119 cm³/mol. The summed E-state index contributed by atoms with van der Waals surface area (Å²) in [5.41, 5.74) is 2.36. The maximum atomic E-state index is 12.7. The van der Waals surface area contributed by atoms with Gasteiger partial charge in [-0.2, -0.15) is 0 Å². The molecule has 1 amide bonds. The second-order valence-corrected chi connectivity index (χ2v) is 8.78. The quantitative estimate of drug-likeness (QED) is 0.582. The van der Waals surface area contributed by atoms with Gasteiger partial charge in [0.1, 0.15) is 0 Å². The van der Waals surface area contributed by atoms with Crippen LogP contribution in [0.1, 0.15) is 34.1 Å². The minimum absolute atomic E-state index is 0.155. The summed E-state index contributed by atoms with van der Waals surface area (Å²) >= 11 is 1.70. The molecule has 0 bridgehead atoms. The van der Waals surface area contributed by atoms with Crippen molar-refractivity contribution in [3.05, 3.63) is 59.1 Å². The number of piperidine rings is 1. The fourth-order valence-corrected chi connectivity index (χ4v) is 4.78. The molecule has 1 saturated heterocycles. The van der Waals surface area contributed by atoms with Gasteiger partial charge >= 0.3 is 5.97 Å². The molecule has 1 aromatic heterocycles. The molecule has 3 aromatic rings. The first-order chi connectivity index (χ1) is 14.5. The molecule has 0 unspecified atom stereocenters. The molecule has 30 heavy (non-hydrogen) atoms. The van der Waals surface area contributed by atoms with Crippen molar-refractivity contribution >= 4 is 39.1 Å². The van der Waals surface area contributed by atoms with Gasteiger partial charge in [-0.25, -0.2) is 9.78 Å². The first-order valence-electron chi connectivity index (χ1n) is 10.1. The number of hydrogen-bond acceptors (Lipinski definition) is 6. The summed E-state index contributed by atoms with van der Waals surface area (Å²) in [7, 11) is 3.82. The summed E-state index contributed by atoms with van der Waals surface area (Å²) in [5.74, 6) is -0.405. The Kier molecular flexibility index (Phi) is 5.99. The number of thiazole rings is 1. The number of para-hydroxylation sites is 1. The maximum absolute atomic E-state index is 12.7. The summed E-state index contributed by atoms with van der Waals surface area (Å²) in [5, 5.41) is 1.08. The van der Waals surface area contributed by atoms with Gasteiger partial charge in [0.2, 0.25) is 0 Å². The number of nitrogens with zero attached hydrogens (tertiary/aromatic N) is 3. The Morgan fingerprint density at radius 3 is 2.83 bits per heavy atom. The Morgan fingerprint density at radius 1 is 1.20 bits per heavy atom. The summed E-state index contributed by atoms with van der Waals surface area (Å²) in [4.78, 5) is 33.5. The van der Waals surface area contributed by atoms with E-state index in [0.29, 0.717) is 18.7 Å². The minimum atomic E-state index is -0.480. The van der Waals surface area contributed by atoms with Gasteiger partial charge in [-0.1, -0.05) is 18.2 Å². The molecule has 2 aromatic carbocycles. The van der Waals surface area contributed by atoms with Crippen LogP contribution in [0.2, 0.25) is 0 Å². The fraction of sp³-hybridized carbons (Fsp3) is 0.348. The average molecular weight is 424 g/mol. The van der Waals surface area contributed by atoms with E-state index in [-0.39, 0.29) is 18.4 Å². The predicted octanol–water partition coefficient (Wildman–Crippen LogP) is 3.93. The van der Waals surface area contributed by atoms with Crippen LogP contribution in [0.4, 0.5) is 5.69 Å². The molecule has 0 saturated carbocycles. The maximum Gasteiger partial charge on any atom is 0.338 e. The Hall–Kier alpha value is -2.93. The van der Waals surface area contributed by atoms with Crippen molar-refractivity contribution in [2.24, 2.45) is 0 Å². The highest BCUT2D eigenvalue weighted by Crippen LogP contribution is 2.33. The highest BCUT2D eigenvalue weighted by atomic mass is 32.1. The lowest BCUT2D eigenvalue weighted by Gasteiger charge is -2.31. The van der Waals surface area contributed by atoms with Gasteiger partial charge in [0.15, 0.2) is 6.61 Å². The number of rotatable bonds is 5. The van der Waals surface area contributed by atoms with E-state index in [2.05, 4.69) is 6.07 Å². The number of anilines is 1. The molecular formula is C23H25N3O3S. The molecule has 7 heteroatoms. The molecule has 1 aliphatic heterocycles. The molecule has 1 atom stereocenters. The highest BCUT2D eigenvalue weighted by molar-refractivity contribution is 7.18. The molecule has 6 nitrogen and oxygen atoms in total. The van der Waals surface area contributed by atoms with E-state index in [1.54, 1.807) is 34.4 Å². The van der Waals surface area contributed by atoms with Crippen molar-refractivity contribution in [1.29, 1.82) is 0 Å². The number of amides is 1. The molecule has 156 valence electrons. The van der Waals surface area contributed by atoms with Crippen molar-refractivity contribution in [1.82, 2.24) is 9.88 Å². The van der Waals surface area contributed by atoms with E-state index in [9.17, 15) is 9.59 Å². The lowest BCUT2D eigenvalue weighted by atomic mass is 9.99. The number of carbonyl (C=O) groups excluding carboxylic acids is 2. The second-order valence-electron chi connectivity index (χ2n) is 7.72. The van der Waals surface area contributed by atoms with Crippen LogP contribution in [-0.2, 0) is 9.53 Å². The number of ether oxygens (including phenoxy) is 1. The van der Waals surface area contributed by atoms with Crippen LogP contribution in [-0.4, -0.2) is 55.6 Å². The zero-order valence-corrected chi connectivity index (χ0v) is 18.0. The minimum Gasteiger partial charge on any atom is -0.452 e. The molecule has 0 radical (unpaired) electrons. The molecule has 0 N–H and O–H groups in total. The third kappa shape index (κ3) is 4.46. The molecule has 0 aliphatic carbocycles. The van der Waals surface area contributed by atoms with Gasteiger partial charge in [0.25, 0.3) is 5.91 Å². The SMILES string of the molecule is CN(C)c1cccc(C(=O)OCC(=O)N2CCC[C@@H](c3nc4ccccc4s3)C2)c1. The van der Waals surface area contributed by atoms with E-state index in [1.165, 1.54) is 4.70 Å². The topological polar surface area (TPSA) is 62.7 Å². The number of hydrogen-bond donors (Lipinski definition) is 0. The van der Waals surface area contributed by atoms with Gasteiger partial charge < -0.3 is 14.5 Å². The normalized spacial score (nSPS) is 16.5. The van der Waals surface area contributed by atoms with Crippen LogP contribution >= 0.6 is 11.3 Å². The summed E-state index contributed by atoms with van der Waals surface area (Å²) in [6.07, 6.45) is 1.94. The third-order valence-electron chi connectivity index (χ3n) is 5.36. The molecule has 2 heterocycles. The van der Waals surface area contributed by atoms with Gasteiger partial charge in [-0.15, -0.1) is 11.3 Å². The average Bonchev–Trinajstić information content (AvgIpc) is 3.22. The Morgan fingerprint density at radius 2 is 2.03 bits per heavy atom. The van der Waals surface area contributed by atoms with Crippen LogP contribution in [0.5, 0.6) is 0 Å². The number of likely N-dealkylation sites (tertiary alicyclic amines) is 1. The second kappa shape index (κ2) is 8.83. The van der Waals surface area contributed by atoms with Crippen LogP contribution in [0.3, 0.4) is 0 Å². The Labute approximate surface area is 180 Å². The van der Waals surface area contributed by atoms with Crippen LogP contribution in [0.15, 0.2) is 48.5 Å². The molecule has 1 aliphatic rings. The smallest absolute Gasteiger partial charge is 0.338 e. The molecular weight excluding hydrogens is 398 g/mol. The highest BCUT2D eigenvalue weighted by Gasteiger charge is 2.27. The number of carbonyl (C=O) groups is 2. The largest absolute Gasteiger partial charge is 0.452 e.